The molecule has 8 nitrogen and oxygen atoms in total. The number of rotatable bonds is 6. The van der Waals surface area contributed by atoms with Crippen LogP contribution in [0.5, 0.6) is 0 Å². The molecule has 1 atom stereocenters. The van der Waals surface area contributed by atoms with E-state index in [9.17, 15) is 9.90 Å². The van der Waals surface area contributed by atoms with E-state index in [-0.39, 0.29) is 12.1 Å². The summed E-state index contributed by atoms with van der Waals surface area (Å²) in [4.78, 5) is 17.9. The van der Waals surface area contributed by atoms with Gasteiger partial charge in [-0.15, -0.1) is 0 Å². The molecule has 8 heteroatoms. The van der Waals surface area contributed by atoms with Crippen molar-refractivity contribution in [1.82, 2.24) is 25.4 Å². The molecule has 0 aliphatic carbocycles. The Morgan fingerprint density at radius 2 is 2.04 bits per heavy atom. The maximum atomic E-state index is 11.2. The molecule has 2 aromatic heterocycles. The predicted octanol–water partition coefficient (Wildman–Crippen LogP) is 1.69. The van der Waals surface area contributed by atoms with Crippen molar-refractivity contribution in [2.75, 3.05) is 19.6 Å². The number of hydrogen-bond donors (Lipinski definition) is 3. The average Bonchev–Trinajstić information content (AvgIpc) is 2.67. The third-order valence-corrected chi connectivity index (χ3v) is 4.66. The minimum Gasteiger partial charge on any atom is -0.465 e. The van der Waals surface area contributed by atoms with Gasteiger partial charge in [0.15, 0.2) is 0 Å². The summed E-state index contributed by atoms with van der Waals surface area (Å²) in [6.45, 7) is 2.45. The van der Waals surface area contributed by atoms with Gasteiger partial charge in [0.05, 0.1) is 30.2 Å². The Labute approximate surface area is 151 Å². The molecule has 1 fully saturated rings. The monoisotopic (exact) mass is 357 g/mol. The van der Waals surface area contributed by atoms with Crippen molar-refractivity contribution in [3.05, 3.63) is 42.4 Å². The van der Waals surface area contributed by atoms with Crippen molar-refractivity contribution in [1.29, 1.82) is 0 Å². The Morgan fingerprint density at radius 3 is 2.65 bits per heavy atom. The lowest BCUT2D eigenvalue weighted by Crippen LogP contribution is -2.38. The van der Waals surface area contributed by atoms with Gasteiger partial charge in [0.1, 0.15) is 0 Å². The van der Waals surface area contributed by atoms with E-state index in [1.165, 1.54) is 0 Å². The van der Waals surface area contributed by atoms with Crippen molar-refractivity contribution < 1.29 is 15.0 Å². The SMILES string of the molecule is O=C(O)NC(CCN1CCC(O)CC1)c1ccc(-c2ccnnc2)nc1. The van der Waals surface area contributed by atoms with Gasteiger partial charge in [-0.3, -0.25) is 4.98 Å². The van der Waals surface area contributed by atoms with Crippen LogP contribution >= 0.6 is 0 Å². The molecule has 2 aromatic rings. The fourth-order valence-corrected chi connectivity index (χ4v) is 3.15. The standard InChI is InChI=1S/C18H23N5O3/c24-15-4-8-23(9-5-15)10-6-17(22-18(25)26)13-1-2-16(19-11-13)14-3-7-20-21-12-14/h1-3,7,11-12,15,17,22,24H,4-6,8-10H2,(H,25,26). The van der Waals surface area contributed by atoms with E-state index < -0.39 is 6.09 Å². The second-order valence-electron chi connectivity index (χ2n) is 6.47. The molecule has 1 aliphatic rings. The van der Waals surface area contributed by atoms with Gasteiger partial charge in [-0.2, -0.15) is 10.2 Å². The summed E-state index contributed by atoms with van der Waals surface area (Å²) in [6.07, 6.45) is 5.89. The summed E-state index contributed by atoms with van der Waals surface area (Å²) < 4.78 is 0. The van der Waals surface area contributed by atoms with Crippen molar-refractivity contribution in [2.24, 2.45) is 0 Å². The molecule has 0 saturated carbocycles. The Bertz CT molecular complexity index is 703. The molecule has 1 unspecified atom stereocenters. The Kier molecular flexibility index (Phi) is 6.08. The van der Waals surface area contributed by atoms with Crippen LogP contribution < -0.4 is 5.32 Å². The highest BCUT2D eigenvalue weighted by Gasteiger charge is 2.20. The molecule has 0 spiro atoms. The lowest BCUT2D eigenvalue weighted by Gasteiger charge is -2.30. The van der Waals surface area contributed by atoms with Crippen LogP contribution in [0, 0.1) is 0 Å². The first-order valence-electron chi connectivity index (χ1n) is 8.74. The Balaban J connectivity index is 1.66. The van der Waals surface area contributed by atoms with Crippen LogP contribution in [0.25, 0.3) is 11.3 Å². The highest BCUT2D eigenvalue weighted by Crippen LogP contribution is 2.21. The van der Waals surface area contributed by atoms with E-state index >= 15 is 0 Å². The van der Waals surface area contributed by atoms with Crippen molar-refractivity contribution in [3.8, 4) is 11.3 Å². The maximum Gasteiger partial charge on any atom is 0.405 e. The zero-order chi connectivity index (χ0) is 18.4. The highest BCUT2D eigenvalue weighted by atomic mass is 16.4. The van der Waals surface area contributed by atoms with E-state index in [0.717, 1.165) is 49.3 Å². The number of aliphatic hydroxyl groups is 1. The lowest BCUT2D eigenvalue weighted by atomic mass is 10.0. The number of nitrogens with zero attached hydrogens (tertiary/aromatic N) is 4. The number of carboxylic acid groups (broad SMARTS) is 1. The van der Waals surface area contributed by atoms with Crippen LogP contribution in [0.2, 0.25) is 0 Å². The Hall–Kier alpha value is -2.58. The van der Waals surface area contributed by atoms with Crippen LogP contribution in [0.4, 0.5) is 4.79 Å². The van der Waals surface area contributed by atoms with Crippen LogP contribution in [-0.2, 0) is 0 Å². The topological polar surface area (TPSA) is 111 Å². The molecule has 3 N–H and O–H groups in total. The molecular weight excluding hydrogens is 334 g/mol. The first-order chi connectivity index (χ1) is 12.6. The van der Waals surface area contributed by atoms with Gasteiger partial charge in [-0.25, -0.2) is 4.79 Å². The van der Waals surface area contributed by atoms with Gasteiger partial charge in [-0.05, 0) is 37.0 Å². The number of aromatic nitrogens is 3. The van der Waals surface area contributed by atoms with Gasteiger partial charge in [0.2, 0.25) is 0 Å². The van der Waals surface area contributed by atoms with Gasteiger partial charge >= 0.3 is 6.09 Å². The third-order valence-electron chi connectivity index (χ3n) is 4.66. The summed E-state index contributed by atoms with van der Waals surface area (Å²) in [5.41, 5.74) is 2.46. The molecule has 26 heavy (non-hydrogen) atoms. The minimum absolute atomic E-state index is 0.210. The summed E-state index contributed by atoms with van der Waals surface area (Å²) in [7, 11) is 0. The predicted molar refractivity (Wildman–Crippen MR) is 95.5 cm³/mol. The number of carbonyl (C=O) groups is 1. The maximum absolute atomic E-state index is 11.2. The molecule has 3 rings (SSSR count). The molecule has 0 radical (unpaired) electrons. The van der Waals surface area contributed by atoms with Crippen LogP contribution in [0.1, 0.15) is 30.9 Å². The lowest BCUT2D eigenvalue weighted by molar-refractivity contribution is 0.0806. The quantitative estimate of drug-likeness (QED) is 0.721. The minimum atomic E-state index is -1.05. The van der Waals surface area contributed by atoms with E-state index in [4.69, 9.17) is 5.11 Å². The fraction of sp³-hybridized carbons (Fsp3) is 0.444. The first kappa shape index (κ1) is 18.2. The summed E-state index contributed by atoms with van der Waals surface area (Å²) in [5.74, 6) is 0. The van der Waals surface area contributed by atoms with Crippen LogP contribution in [-0.4, -0.2) is 62.1 Å². The van der Waals surface area contributed by atoms with E-state index in [2.05, 4.69) is 25.4 Å². The first-order valence-corrected chi connectivity index (χ1v) is 8.74. The second kappa shape index (κ2) is 8.68. The molecule has 1 amide bonds. The summed E-state index contributed by atoms with van der Waals surface area (Å²) >= 11 is 0. The smallest absolute Gasteiger partial charge is 0.405 e. The molecule has 138 valence electrons. The molecule has 3 heterocycles. The van der Waals surface area contributed by atoms with E-state index in [1.807, 2.05) is 18.2 Å². The molecular formula is C18H23N5O3. The molecule has 1 aliphatic heterocycles. The molecule has 0 bridgehead atoms. The number of nitrogens with one attached hydrogen (secondary N) is 1. The third kappa shape index (κ3) is 4.96. The zero-order valence-electron chi connectivity index (χ0n) is 14.5. The largest absolute Gasteiger partial charge is 0.465 e. The second-order valence-corrected chi connectivity index (χ2v) is 6.47. The average molecular weight is 357 g/mol. The normalized spacial score (nSPS) is 17.0. The van der Waals surface area contributed by atoms with Crippen molar-refractivity contribution in [2.45, 2.75) is 31.4 Å². The number of amides is 1. The van der Waals surface area contributed by atoms with Gasteiger partial charge < -0.3 is 20.4 Å². The number of hydrogen-bond acceptors (Lipinski definition) is 6. The van der Waals surface area contributed by atoms with Gasteiger partial charge in [0, 0.05) is 31.4 Å². The molecule has 1 saturated heterocycles. The summed E-state index contributed by atoms with van der Waals surface area (Å²) in [5, 5.41) is 28.9. The summed E-state index contributed by atoms with van der Waals surface area (Å²) in [6, 6.07) is 5.26. The van der Waals surface area contributed by atoms with Crippen LogP contribution in [0.3, 0.4) is 0 Å². The van der Waals surface area contributed by atoms with Crippen LogP contribution in [0.15, 0.2) is 36.8 Å². The number of likely N-dealkylation sites (tertiary alicyclic amines) is 1. The van der Waals surface area contributed by atoms with Crippen molar-refractivity contribution >= 4 is 6.09 Å². The number of piperidine rings is 1. The van der Waals surface area contributed by atoms with E-state index in [1.54, 1.807) is 18.6 Å². The van der Waals surface area contributed by atoms with Gasteiger partial charge in [-0.1, -0.05) is 6.07 Å². The number of aliphatic hydroxyl groups excluding tert-OH is 1. The van der Waals surface area contributed by atoms with Crippen molar-refractivity contribution in [3.63, 3.8) is 0 Å². The van der Waals surface area contributed by atoms with E-state index in [0.29, 0.717) is 6.42 Å². The molecule has 0 aromatic carbocycles. The number of pyridine rings is 1. The highest BCUT2D eigenvalue weighted by molar-refractivity contribution is 5.65. The Morgan fingerprint density at radius 1 is 1.23 bits per heavy atom. The van der Waals surface area contributed by atoms with Gasteiger partial charge in [0.25, 0.3) is 0 Å². The fourth-order valence-electron chi connectivity index (χ4n) is 3.15. The zero-order valence-corrected chi connectivity index (χ0v) is 14.5.